The summed E-state index contributed by atoms with van der Waals surface area (Å²) in [7, 11) is 2.21. The van der Waals surface area contributed by atoms with Crippen molar-refractivity contribution in [2.45, 2.75) is 59.6 Å². The summed E-state index contributed by atoms with van der Waals surface area (Å²) < 4.78 is 6.12. The van der Waals surface area contributed by atoms with Crippen molar-refractivity contribution in [3.8, 4) is 5.75 Å². The first-order chi connectivity index (χ1) is 13.0. The smallest absolute Gasteiger partial charge is 0.191 e. The van der Waals surface area contributed by atoms with Crippen molar-refractivity contribution < 1.29 is 4.74 Å². The molecule has 152 valence electrons. The third kappa shape index (κ3) is 7.41. The summed E-state index contributed by atoms with van der Waals surface area (Å²) in [5, 5.41) is 6.91. The average molecular weight is 375 g/mol. The summed E-state index contributed by atoms with van der Waals surface area (Å²) in [6.45, 7) is 13.3. The van der Waals surface area contributed by atoms with E-state index in [-0.39, 0.29) is 6.10 Å². The normalized spacial score (nSPS) is 19.6. The summed E-state index contributed by atoms with van der Waals surface area (Å²) in [5.41, 5.74) is 2.35. The molecule has 1 saturated heterocycles. The first-order valence-electron chi connectivity index (χ1n) is 10.5. The van der Waals surface area contributed by atoms with Crippen LogP contribution >= 0.6 is 0 Å². The SMILES string of the molecule is CCNC(=NCc1ccc(C)cc1OC(C)CC)NCC1CCCN(C)C1. The molecule has 1 aromatic rings. The van der Waals surface area contributed by atoms with Crippen LogP contribution in [0.3, 0.4) is 0 Å². The molecule has 2 rings (SSSR count). The number of nitrogens with zero attached hydrogens (tertiary/aromatic N) is 2. The summed E-state index contributed by atoms with van der Waals surface area (Å²) in [6, 6.07) is 6.39. The van der Waals surface area contributed by atoms with Gasteiger partial charge in [0.15, 0.2) is 5.96 Å². The van der Waals surface area contributed by atoms with Gasteiger partial charge in [-0.1, -0.05) is 19.1 Å². The van der Waals surface area contributed by atoms with E-state index in [4.69, 9.17) is 9.73 Å². The number of guanidine groups is 1. The molecule has 1 heterocycles. The van der Waals surface area contributed by atoms with Crippen LogP contribution in [0.15, 0.2) is 23.2 Å². The van der Waals surface area contributed by atoms with Crippen LogP contribution in [-0.4, -0.2) is 50.2 Å². The fourth-order valence-electron chi connectivity index (χ4n) is 3.39. The van der Waals surface area contributed by atoms with Crippen molar-refractivity contribution in [2.75, 3.05) is 33.2 Å². The van der Waals surface area contributed by atoms with Crippen molar-refractivity contribution in [3.05, 3.63) is 29.3 Å². The number of piperidine rings is 1. The number of hydrogen-bond donors (Lipinski definition) is 2. The van der Waals surface area contributed by atoms with E-state index >= 15 is 0 Å². The molecule has 5 nitrogen and oxygen atoms in total. The number of ether oxygens (including phenoxy) is 1. The second kappa shape index (κ2) is 11.2. The molecule has 0 bridgehead atoms. The van der Waals surface area contributed by atoms with Crippen LogP contribution in [0, 0.1) is 12.8 Å². The Kier molecular flexibility index (Phi) is 8.92. The summed E-state index contributed by atoms with van der Waals surface area (Å²) in [5.74, 6) is 2.54. The van der Waals surface area contributed by atoms with Crippen LogP contribution < -0.4 is 15.4 Å². The highest BCUT2D eigenvalue weighted by atomic mass is 16.5. The third-order valence-corrected chi connectivity index (χ3v) is 5.16. The molecule has 0 aliphatic carbocycles. The number of rotatable bonds is 8. The van der Waals surface area contributed by atoms with Gasteiger partial charge in [-0.3, -0.25) is 0 Å². The van der Waals surface area contributed by atoms with Gasteiger partial charge in [0, 0.05) is 25.2 Å². The number of aryl methyl sites for hydroxylation is 1. The van der Waals surface area contributed by atoms with Crippen LogP contribution in [0.25, 0.3) is 0 Å². The molecule has 0 aromatic heterocycles. The molecule has 1 fully saturated rings. The lowest BCUT2D eigenvalue weighted by Gasteiger charge is -2.30. The van der Waals surface area contributed by atoms with Crippen molar-refractivity contribution >= 4 is 5.96 Å². The maximum atomic E-state index is 6.12. The van der Waals surface area contributed by atoms with Gasteiger partial charge in [0.1, 0.15) is 5.75 Å². The van der Waals surface area contributed by atoms with E-state index in [1.807, 2.05) is 0 Å². The number of benzene rings is 1. The van der Waals surface area contributed by atoms with Crippen molar-refractivity contribution in [1.82, 2.24) is 15.5 Å². The Morgan fingerprint density at radius 3 is 2.85 bits per heavy atom. The molecular formula is C22H38N4O. The minimum Gasteiger partial charge on any atom is -0.490 e. The Morgan fingerprint density at radius 1 is 1.33 bits per heavy atom. The average Bonchev–Trinajstić information content (AvgIpc) is 2.65. The molecule has 1 aliphatic rings. The summed E-state index contributed by atoms with van der Waals surface area (Å²) in [6.07, 6.45) is 3.79. The minimum atomic E-state index is 0.212. The fourth-order valence-corrected chi connectivity index (χ4v) is 3.39. The van der Waals surface area contributed by atoms with Crippen LogP contribution in [0.5, 0.6) is 5.75 Å². The Bertz CT molecular complexity index is 602. The number of hydrogen-bond acceptors (Lipinski definition) is 3. The van der Waals surface area contributed by atoms with Crippen LogP contribution in [0.1, 0.15) is 51.2 Å². The van der Waals surface area contributed by atoms with Crippen molar-refractivity contribution in [3.63, 3.8) is 0 Å². The Morgan fingerprint density at radius 2 is 2.15 bits per heavy atom. The minimum absolute atomic E-state index is 0.212. The zero-order chi connectivity index (χ0) is 19.6. The lowest BCUT2D eigenvalue weighted by atomic mass is 9.99. The second-order valence-corrected chi connectivity index (χ2v) is 7.79. The highest BCUT2D eigenvalue weighted by Crippen LogP contribution is 2.23. The largest absolute Gasteiger partial charge is 0.490 e. The molecule has 0 saturated carbocycles. The Labute approximate surface area is 165 Å². The molecule has 2 atom stereocenters. The Hall–Kier alpha value is -1.75. The van der Waals surface area contributed by atoms with E-state index in [0.717, 1.165) is 43.3 Å². The van der Waals surface area contributed by atoms with Gasteiger partial charge in [0.25, 0.3) is 0 Å². The standard InChI is InChI=1S/C22H38N4O/c1-6-18(4)27-21-13-17(3)10-11-20(21)15-25-22(23-7-2)24-14-19-9-8-12-26(5)16-19/h10-11,13,18-19H,6-9,12,14-16H2,1-5H3,(H2,23,24,25). The lowest BCUT2D eigenvalue weighted by molar-refractivity contribution is 0.210. The molecule has 2 unspecified atom stereocenters. The monoisotopic (exact) mass is 374 g/mol. The summed E-state index contributed by atoms with van der Waals surface area (Å²) in [4.78, 5) is 7.23. The van der Waals surface area contributed by atoms with Gasteiger partial charge >= 0.3 is 0 Å². The summed E-state index contributed by atoms with van der Waals surface area (Å²) >= 11 is 0. The van der Waals surface area contributed by atoms with Gasteiger partial charge < -0.3 is 20.3 Å². The molecule has 0 radical (unpaired) electrons. The number of nitrogens with one attached hydrogen (secondary N) is 2. The van der Waals surface area contributed by atoms with Crippen LogP contribution in [0.4, 0.5) is 0 Å². The fraction of sp³-hybridized carbons (Fsp3) is 0.682. The molecule has 2 N–H and O–H groups in total. The third-order valence-electron chi connectivity index (χ3n) is 5.16. The maximum absolute atomic E-state index is 6.12. The molecule has 1 aromatic carbocycles. The predicted molar refractivity (Wildman–Crippen MR) is 115 cm³/mol. The molecular weight excluding hydrogens is 336 g/mol. The second-order valence-electron chi connectivity index (χ2n) is 7.79. The van der Waals surface area contributed by atoms with Crippen molar-refractivity contribution in [2.24, 2.45) is 10.9 Å². The van der Waals surface area contributed by atoms with Gasteiger partial charge in [0.05, 0.1) is 12.6 Å². The van der Waals surface area contributed by atoms with Gasteiger partial charge in [-0.15, -0.1) is 0 Å². The lowest BCUT2D eigenvalue weighted by Crippen LogP contribution is -2.43. The topological polar surface area (TPSA) is 48.9 Å². The highest BCUT2D eigenvalue weighted by Gasteiger charge is 2.17. The van der Waals surface area contributed by atoms with Crippen molar-refractivity contribution in [1.29, 1.82) is 0 Å². The van der Waals surface area contributed by atoms with Gasteiger partial charge in [-0.2, -0.15) is 0 Å². The van der Waals surface area contributed by atoms with E-state index in [9.17, 15) is 0 Å². The number of likely N-dealkylation sites (tertiary alicyclic amines) is 1. The van der Waals surface area contributed by atoms with E-state index in [0.29, 0.717) is 12.5 Å². The quantitative estimate of drug-likeness (QED) is 0.539. The van der Waals surface area contributed by atoms with Gasteiger partial charge in [-0.05, 0) is 71.2 Å². The van der Waals surface area contributed by atoms with Crippen LogP contribution in [-0.2, 0) is 6.54 Å². The predicted octanol–water partition coefficient (Wildman–Crippen LogP) is 3.57. The van der Waals surface area contributed by atoms with E-state index in [1.165, 1.54) is 24.9 Å². The van der Waals surface area contributed by atoms with E-state index in [1.54, 1.807) is 0 Å². The van der Waals surface area contributed by atoms with E-state index in [2.05, 4.69) is 68.5 Å². The molecule has 5 heteroatoms. The zero-order valence-electron chi connectivity index (χ0n) is 17.8. The molecule has 0 amide bonds. The van der Waals surface area contributed by atoms with Crippen LogP contribution in [0.2, 0.25) is 0 Å². The first-order valence-corrected chi connectivity index (χ1v) is 10.5. The molecule has 1 aliphatic heterocycles. The Balaban J connectivity index is 2.00. The van der Waals surface area contributed by atoms with Gasteiger partial charge in [0.2, 0.25) is 0 Å². The molecule has 27 heavy (non-hydrogen) atoms. The van der Waals surface area contributed by atoms with Gasteiger partial charge in [-0.25, -0.2) is 4.99 Å². The highest BCUT2D eigenvalue weighted by molar-refractivity contribution is 5.79. The zero-order valence-corrected chi connectivity index (χ0v) is 17.8. The first kappa shape index (κ1) is 21.5. The number of aliphatic imine (C=N–C) groups is 1. The molecule has 0 spiro atoms. The van der Waals surface area contributed by atoms with E-state index < -0.39 is 0 Å². The maximum Gasteiger partial charge on any atom is 0.191 e.